The van der Waals surface area contributed by atoms with E-state index in [-0.39, 0.29) is 23.4 Å². The van der Waals surface area contributed by atoms with E-state index >= 15 is 0 Å². The molecule has 0 radical (unpaired) electrons. The average molecular weight is 313 g/mol. The molecule has 0 spiro atoms. The van der Waals surface area contributed by atoms with Crippen molar-refractivity contribution in [3.05, 3.63) is 30.3 Å². The van der Waals surface area contributed by atoms with E-state index in [1.165, 1.54) is 12.1 Å². The Morgan fingerprint density at radius 2 is 1.86 bits per heavy atom. The number of nitrogens with one attached hydrogen (secondary N) is 1. The predicted molar refractivity (Wildman–Crippen MR) is 81.3 cm³/mol. The molecule has 5 nitrogen and oxygen atoms in total. The summed E-state index contributed by atoms with van der Waals surface area (Å²) >= 11 is 0. The maximum atomic E-state index is 12.1. The first-order valence-corrected chi connectivity index (χ1v) is 8.60. The van der Waals surface area contributed by atoms with Crippen LogP contribution in [0.4, 0.5) is 0 Å². The zero-order valence-corrected chi connectivity index (χ0v) is 13.5. The third-order valence-corrected chi connectivity index (χ3v) is 4.52. The Morgan fingerprint density at radius 3 is 2.43 bits per heavy atom. The molecule has 1 rings (SSSR count). The van der Waals surface area contributed by atoms with Crippen LogP contribution >= 0.6 is 0 Å². The minimum absolute atomic E-state index is 0.0140. The van der Waals surface area contributed by atoms with Gasteiger partial charge in [-0.25, -0.2) is 13.1 Å². The Balaban J connectivity index is 2.53. The Labute approximate surface area is 126 Å². The van der Waals surface area contributed by atoms with Gasteiger partial charge in [0.15, 0.2) is 0 Å². The topological polar surface area (TPSA) is 72.5 Å². The SMILES string of the molecule is CCCC(C)OC(=O)CC(C)NS(=O)(=O)c1ccccc1. The summed E-state index contributed by atoms with van der Waals surface area (Å²) in [5.41, 5.74) is 0. The molecule has 2 unspecified atom stereocenters. The minimum Gasteiger partial charge on any atom is -0.463 e. The lowest BCUT2D eigenvalue weighted by Crippen LogP contribution is -2.35. The first-order valence-electron chi connectivity index (χ1n) is 7.12. The summed E-state index contributed by atoms with van der Waals surface area (Å²) in [5, 5.41) is 0. The summed E-state index contributed by atoms with van der Waals surface area (Å²) in [6.45, 7) is 5.49. The quantitative estimate of drug-likeness (QED) is 0.748. The highest BCUT2D eigenvalue weighted by Gasteiger charge is 2.20. The zero-order chi connectivity index (χ0) is 15.9. The van der Waals surface area contributed by atoms with Crippen molar-refractivity contribution in [2.45, 2.75) is 57.1 Å². The van der Waals surface area contributed by atoms with Crippen molar-refractivity contribution in [1.29, 1.82) is 0 Å². The van der Waals surface area contributed by atoms with Crippen LogP contribution in [0.5, 0.6) is 0 Å². The van der Waals surface area contributed by atoms with Gasteiger partial charge in [-0.15, -0.1) is 0 Å². The molecule has 1 aromatic rings. The van der Waals surface area contributed by atoms with E-state index in [4.69, 9.17) is 4.74 Å². The average Bonchev–Trinajstić information content (AvgIpc) is 2.38. The van der Waals surface area contributed by atoms with E-state index in [1.54, 1.807) is 25.1 Å². The molecule has 0 aliphatic heterocycles. The third-order valence-electron chi connectivity index (χ3n) is 2.91. The van der Waals surface area contributed by atoms with Crippen LogP contribution in [0.3, 0.4) is 0 Å². The molecule has 0 aliphatic carbocycles. The first-order chi connectivity index (χ1) is 9.85. The fraction of sp³-hybridized carbons (Fsp3) is 0.533. The Hall–Kier alpha value is -1.40. The smallest absolute Gasteiger partial charge is 0.307 e. The molecule has 1 aromatic carbocycles. The molecule has 0 aromatic heterocycles. The van der Waals surface area contributed by atoms with Gasteiger partial charge >= 0.3 is 5.97 Å². The minimum atomic E-state index is -3.60. The van der Waals surface area contributed by atoms with Crippen LogP contribution in [0.2, 0.25) is 0 Å². The molecule has 0 heterocycles. The van der Waals surface area contributed by atoms with Crippen molar-refractivity contribution >= 4 is 16.0 Å². The molecule has 0 aliphatic rings. The normalized spacial score (nSPS) is 14.4. The maximum absolute atomic E-state index is 12.1. The molecule has 0 amide bonds. The predicted octanol–water partition coefficient (Wildman–Crippen LogP) is 2.48. The van der Waals surface area contributed by atoms with Crippen LogP contribution in [-0.4, -0.2) is 26.5 Å². The summed E-state index contributed by atoms with van der Waals surface area (Å²) in [6.07, 6.45) is 1.61. The van der Waals surface area contributed by atoms with Crippen LogP contribution in [-0.2, 0) is 19.6 Å². The molecule has 6 heteroatoms. The molecule has 118 valence electrons. The van der Waals surface area contributed by atoms with Crippen LogP contribution in [0.1, 0.15) is 40.0 Å². The van der Waals surface area contributed by atoms with Gasteiger partial charge in [-0.2, -0.15) is 0 Å². The molecular weight excluding hydrogens is 290 g/mol. The van der Waals surface area contributed by atoms with Gasteiger partial charge in [0.25, 0.3) is 0 Å². The molecule has 2 atom stereocenters. The highest BCUT2D eigenvalue weighted by Crippen LogP contribution is 2.10. The highest BCUT2D eigenvalue weighted by atomic mass is 32.2. The summed E-state index contributed by atoms with van der Waals surface area (Å²) in [7, 11) is -3.60. The van der Waals surface area contributed by atoms with Crippen molar-refractivity contribution in [2.75, 3.05) is 0 Å². The molecule has 0 saturated heterocycles. The maximum Gasteiger partial charge on any atom is 0.307 e. The van der Waals surface area contributed by atoms with Gasteiger partial charge in [0.1, 0.15) is 0 Å². The number of rotatable bonds is 8. The van der Waals surface area contributed by atoms with Crippen molar-refractivity contribution < 1.29 is 17.9 Å². The summed E-state index contributed by atoms with van der Waals surface area (Å²) in [6, 6.07) is 7.55. The lowest BCUT2D eigenvalue weighted by atomic mass is 10.2. The number of benzene rings is 1. The Bertz CT molecular complexity index is 542. The van der Waals surface area contributed by atoms with E-state index in [9.17, 15) is 13.2 Å². The van der Waals surface area contributed by atoms with Crippen LogP contribution < -0.4 is 4.72 Å². The van der Waals surface area contributed by atoms with Crippen molar-refractivity contribution in [1.82, 2.24) is 4.72 Å². The monoisotopic (exact) mass is 313 g/mol. The van der Waals surface area contributed by atoms with Gasteiger partial charge in [-0.05, 0) is 32.4 Å². The lowest BCUT2D eigenvalue weighted by Gasteiger charge is -2.16. The number of hydrogen-bond acceptors (Lipinski definition) is 4. The second-order valence-electron chi connectivity index (χ2n) is 5.13. The van der Waals surface area contributed by atoms with Gasteiger partial charge in [0.05, 0.1) is 17.4 Å². The lowest BCUT2D eigenvalue weighted by molar-refractivity contribution is -0.148. The molecular formula is C15H23NO4S. The molecule has 1 N–H and O–H groups in total. The first kappa shape index (κ1) is 17.7. The van der Waals surface area contributed by atoms with E-state index in [0.29, 0.717) is 0 Å². The Kier molecular flexibility index (Phi) is 6.84. The Morgan fingerprint density at radius 1 is 1.24 bits per heavy atom. The fourth-order valence-electron chi connectivity index (χ4n) is 1.96. The second-order valence-corrected chi connectivity index (χ2v) is 6.84. The number of sulfonamides is 1. The van der Waals surface area contributed by atoms with Crippen LogP contribution in [0, 0.1) is 0 Å². The van der Waals surface area contributed by atoms with Gasteiger partial charge in [-0.3, -0.25) is 4.79 Å². The summed E-state index contributed by atoms with van der Waals surface area (Å²) in [5.74, 6) is -0.390. The van der Waals surface area contributed by atoms with Crippen LogP contribution in [0.25, 0.3) is 0 Å². The standard InChI is InChI=1S/C15H23NO4S/c1-4-8-13(3)20-15(17)11-12(2)16-21(18,19)14-9-6-5-7-10-14/h5-7,9-10,12-13,16H,4,8,11H2,1-3H3. The van der Waals surface area contributed by atoms with Gasteiger partial charge in [0, 0.05) is 6.04 Å². The van der Waals surface area contributed by atoms with E-state index in [2.05, 4.69) is 4.72 Å². The van der Waals surface area contributed by atoms with Crippen molar-refractivity contribution in [3.8, 4) is 0 Å². The zero-order valence-electron chi connectivity index (χ0n) is 12.7. The second kappa shape index (κ2) is 8.14. The third kappa shape index (κ3) is 6.27. The van der Waals surface area contributed by atoms with Crippen LogP contribution in [0.15, 0.2) is 35.2 Å². The number of ether oxygens (including phenoxy) is 1. The molecule has 0 bridgehead atoms. The van der Waals surface area contributed by atoms with Crippen molar-refractivity contribution in [3.63, 3.8) is 0 Å². The molecule has 0 saturated carbocycles. The molecule has 0 fully saturated rings. The number of esters is 1. The number of carbonyl (C=O) groups excluding carboxylic acids is 1. The summed E-state index contributed by atoms with van der Waals surface area (Å²) in [4.78, 5) is 11.9. The number of carbonyl (C=O) groups is 1. The van der Waals surface area contributed by atoms with Gasteiger partial charge in [0.2, 0.25) is 10.0 Å². The molecule has 21 heavy (non-hydrogen) atoms. The van der Waals surface area contributed by atoms with E-state index in [0.717, 1.165) is 12.8 Å². The number of hydrogen-bond donors (Lipinski definition) is 1. The highest BCUT2D eigenvalue weighted by molar-refractivity contribution is 7.89. The summed E-state index contributed by atoms with van der Waals surface area (Å²) < 4.78 is 31.9. The van der Waals surface area contributed by atoms with Gasteiger partial charge < -0.3 is 4.74 Å². The van der Waals surface area contributed by atoms with Crippen molar-refractivity contribution in [2.24, 2.45) is 0 Å². The largest absolute Gasteiger partial charge is 0.463 e. The van der Waals surface area contributed by atoms with Gasteiger partial charge in [-0.1, -0.05) is 31.5 Å². The van der Waals surface area contributed by atoms with E-state index in [1.807, 2.05) is 13.8 Å². The fourth-order valence-corrected chi connectivity index (χ4v) is 3.23. The van der Waals surface area contributed by atoms with E-state index < -0.39 is 16.1 Å².